The van der Waals surface area contributed by atoms with Crippen LogP contribution in [0.5, 0.6) is 5.75 Å². The lowest BCUT2D eigenvalue weighted by Gasteiger charge is -2.38. The van der Waals surface area contributed by atoms with E-state index in [0.717, 1.165) is 43.2 Å². The highest BCUT2D eigenvalue weighted by atomic mass is 16.5. The number of hydrogen-bond donors (Lipinski definition) is 1. The van der Waals surface area contributed by atoms with Gasteiger partial charge in [-0.15, -0.1) is 0 Å². The van der Waals surface area contributed by atoms with Gasteiger partial charge in [0, 0.05) is 43.9 Å². The molecule has 5 rings (SSSR count). The second kappa shape index (κ2) is 11.9. The first-order chi connectivity index (χ1) is 19.0. The number of furan rings is 1. The number of methoxy groups -OCH3 is 1. The Morgan fingerprint density at radius 2 is 1.64 bits per heavy atom. The zero-order valence-corrected chi connectivity index (χ0v) is 22.4. The number of hydrogen-bond acceptors (Lipinski definition) is 6. The third-order valence-electron chi connectivity index (χ3n) is 7.16. The van der Waals surface area contributed by atoms with Crippen LogP contribution in [0.15, 0.2) is 89.5 Å². The molecule has 200 valence electrons. The first-order valence-electron chi connectivity index (χ1n) is 13.2. The zero-order chi connectivity index (χ0) is 27.2. The Morgan fingerprint density at radius 3 is 2.36 bits per heavy atom. The fourth-order valence-corrected chi connectivity index (χ4v) is 5.01. The summed E-state index contributed by atoms with van der Waals surface area (Å²) in [7, 11) is 1.63. The molecule has 2 heterocycles. The van der Waals surface area contributed by atoms with E-state index < -0.39 is 0 Å². The van der Waals surface area contributed by atoms with Crippen molar-refractivity contribution in [1.82, 2.24) is 0 Å². The summed E-state index contributed by atoms with van der Waals surface area (Å²) in [4.78, 5) is 30.7. The molecule has 0 unspecified atom stereocenters. The van der Waals surface area contributed by atoms with Crippen LogP contribution in [0.4, 0.5) is 17.1 Å². The maximum absolute atomic E-state index is 13.2. The van der Waals surface area contributed by atoms with Crippen molar-refractivity contribution in [3.05, 3.63) is 108 Å². The van der Waals surface area contributed by atoms with Crippen LogP contribution in [-0.4, -0.2) is 45.0 Å². The van der Waals surface area contributed by atoms with Gasteiger partial charge in [0.25, 0.3) is 5.91 Å². The number of anilines is 3. The van der Waals surface area contributed by atoms with Crippen molar-refractivity contribution in [1.29, 1.82) is 0 Å². The van der Waals surface area contributed by atoms with Gasteiger partial charge >= 0.3 is 0 Å². The number of amides is 1. The van der Waals surface area contributed by atoms with Crippen LogP contribution in [0.2, 0.25) is 0 Å². The Balaban J connectivity index is 1.34. The minimum Gasteiger partial charge on any atom is -0.497 e. The van der Waals surface area contributed by atoms with E-state index in [1.54, 1.807) is 25.3 Å². The summed E-state index contributed by atoms with van der Waals surface area (Å²) in [5, 5.41) is 2.99. The number of ether oxygens (including phenoxy) is 1. The van der Waals surface area contributed by atoms with Crippen LogP contribution in [0.1, 0.15) is 38.5 Å². The number of aryl methyl sites for hydroxylation is 2. The number of nitrogens with one attached hydrogen (secondary N) is 1. The lowest BCUT2D eigenvalue weighted by Crippen LogP contribution is -2.47. The topological polar surface area (TPSA) is 75.0 Å². The van der Waals surface area contributed by atoms with Crippen molar-refractivity contribution in [2.45, 2.75) is 19.8 Å². The fourth-order valence-electron chi connectivity index (χ4n) is 5.01. The number of benzene rings is 3. The normalized spacial score (nSPS) is 13.3. The van der Waals surface area contributed by atoms with E-state index in [9.17, 15) is 9.59 Å². The molecule has 7 nitrogen and oxygen atoms in total. The molecule has 0 radical (unpaired) electrons. The Kier molecular flexibility index (Phi) is 7.96. The standard InChI is InChI=1S/C32H33N3O4/c1-23-7-3-4-10-28(23)34-16-18-35(19-17-34)29-14-13-25(22-27(29)33-32(37)31-11-6-20-39-31)30(36)15-12-24-8-5-9-26(21-24)38-2/h3-11,13-14,20-22H,12,15-19H2,1-2H3,(H,33,37). The predicted molar refractivity (Wildman–Crippen MR) is 154 cm³/mol. The maximum Gasteiger partial charge on any atom is 0.291 e. The van der Waals surface area contributed by atoms with Crippen LogP contribution in [0, 0.1) is 6.92 Å². The van der Waals surface area contributed by atoms with Crippen molar-refractivity contribution < 1.29 is 18.7 Å². The lowest BCUT2D eigenvalue weighted by atomic mass is 10.0. The van der Waals surface area contributed by atoms with Crippen molar-refractivity contribution in [3.63, 3.8) is 0 Å². The second-order valence-corrected chi connectivity index (χ2v) is 9.70. The molecule has 0 saturated carbocycles. The lowest BCUT2D eigenvalue weighted by molar-refractivity contribution is 0.0977. The van der Waals surface area contributed by atoms with E-state index in [-0.39, 0.29) is 17.5 Å². The molecule has 1 amide bonds. The minimum absolute atomic E-state index is 0.0160. The number of Topliss-reactive ketones (excluding diaryl/α,β-unsaturated/α-hetero) is 1. The number of rotatable bonds is 9. The average molecular weight is 524 g/mol. The number of carbonyl (C=O) groups excluding carboxylic acids is 2. The molecule has 7 heteroatoms. The Morgan fingerprint density at radius 1 is 0.872 bits per heavy atom. The summed E-state index contributed by atoms with van der Waals surface area (Å²) >= 11 is 0. The van der Waals surface area contributed by atoms with Crippen molar-refractivity contribution in [2.75, 3.05) is 48.4 Å². The maximum atomic E-state index is 13.2. The van der Waals surface area contributed by atoms with Gasteiger partial charge < -0.3 is 24.3 Å². The minimum atomic E-state index is -0.347. The highest BCUT2D eigenvalue weighted by Gasteiger charge is 2.23. The van der Waals surface area contributed by atoms with Gasteiger partial charge in [0.05, 0.1) is 24.7 Å². The monoisotopic (exact) mass is 523 g/mol. The van der Waals surface area contributed by atoms with Crippen molar-refractivity contribution in [2.24, 2.45) is 0 Å². The van der Waals surface area contributed by atoms with Gasteiger partial charge in [0.1, 0.15) is 5.75 Å². The van der Waals surface area contributed by atoms with Gasteiger partial charge in [0.2, 0.25) is 0 Å². The van der Waals surface area contributed by atoms with Gasteiger partial charge in [-0.1, -0.05) is 30.3 Å². The third kappa shape index (κ3) is 6.14. The molecule has 39 heavy (non-hydrogen) atoms. The number of nitrogens with zero attached hydrogens (tertiary/aromatic N) is 2. The summed E-state index contributed by atoms with van der Waals surface area (Å²) in [6.45, 7) is 5.44. The highest BCUT2D eigenvalue weighted by Crippen LogP contribution is 2.31. The molecule has 1 aliphatic rings. The number of ketones is 1. The summed E-state index contributed by atoms with van der Waals surface area (Å²) < 4.78 is 10.6. The van der Waals surface area contributed by atoms with E-state index in [1.165, 1.54) is 17.5 Å². The largest absolute Gasteiger partial charge is 0.497 e. The summed E-state index contributed by atoms with van der Waals surface area (Å²) in [6.07, 6.45) is 2.43. The van der Waals surface area contributed by atoms with Crippen LogP contribution in [0.3, 0.4) is 0 Å². The van der Waals surface area contributed by atoms with Crippen molar-refractivity contribution in [3.8, 4) is 5.75 Å². The fraction of sp³-hybridized carbons (Fsp3) is 0.250. The average Bonchev–Trinajstić information content (AvgIpc) is 3.52. The summed E-state index contributed by atoms with van der Waals surface area (Å²) in [5.41, 5.74) is 5.61. The molecule has 1 N–H and O–H groups in total. The van der Waals surface area contributed by atoms with Crippen LogP contribution < -0.4 is 19.9 Å². The van der Waals surface area contributed by atoms with E-state index in [4.69, 9.17) is 9.15 Å². The predicted octanol–water partition coefficient (Wildman–Crippen LogP) is 5.99. The second-order valence-electron chi connectivity index (χ2n) is 9.70. The first-order valence-corrected chi connectivity index (χ1v) is 13.2. The van der Waals surface area contributed by atoms with Crippen LogP contribution in [0.25, 0.3) is 0 Å². The van der Waals surface area contributed by atoms with Gasteiger partial charge in [-0.05, 0) is 73.0 Å². The molecule has 0 spiro atoms. The third-order valence-corrected chi connectivity index (χ3v) is 7.16. The summed E-state index contributed by atoms with van der Waals surface area (Å²) in [6, 6.07) is 25.1. The molecule has 1 fully saturated rings. The first kappa shape index (κ1) is 26.1. The summed E-state index contributed by atoms with van der Waals surface area (Å²) in [5.74, 6) is 0.665. The molecule has 0 bridgehead atoms. The van der Waals surface area contributed by atoms with E-state index in [2.05, 4.69) is 46.3 Å². The smallest absolute Gasteiger partial charge is 0.291 e. The van der Waals surface area contributed by atoms with E-state index >= 15 is 0 Å². The Bertz CT molecular complexity index is 1440. The molecule has 0 aliphatic carbocycles. The molecule has 1 aliphatic heterocycles. The highest BCUT2D eigenvalue weighted by molar-refractivity contribution is 6.06. The Hall–Kier alpha value is -4.52. The van der Waals surface area contributed by atoms with Crippen LogP contribution >= 0.6 is 0 Å². The molecule has 1 aromatic heterocycles. The number of piperazine rings is 1. The molecule has 1 saturated heterocycles. The molecular formula is C32H33N3O4. The molecule has 0 atom stereocenters. The van der Waals surface area contributed by atoms with Gasteiger partial charge in [-0.25, -0.2) is 0 Å². The number of carbonyl (C=O) groups is 2. The number of para-hydroxylation sites is 1. The van der Waals surface area contributed by atoms with Gasteiger partial charge in [0.15, 0.2) is 11.5 Å². The van der Waals surface area contributed by atoms with Crippen molar-refractivity contribution >= 4 is 28.8 Å². The molecule has 4 aromatic rings. The van der Waals surface area contributed by atoms with Crippen LogP contribution in [-0.2, 0) is 6.42 Å². The van der Waals surface area contributed by atoms with E-state index in [0.29, 0.717) is 24.1 Å². The Labute approximate surface area is 229 Å². The molecular weight excluding hydrogens is 490 g/mol. The molecule has 3 aromatic carbocycles. The van der Waals surface area contributed by atoms with Gasteiger partial charge in [-0.2, -0.15) is 0 Å². The van der Waals surface area contributed by atoms with Gasteiger partial charge in [-0.3, -0.25) is 9.59 Å². The quantitative estimate of drug-likeness (QED) is 0.272. The zero-order valence-electron chi connectivity index (χ0n) is 22.4. The van der Waals surface area contributed by atoms with E-state index in [1.807, 2.05) is 36.4 Å². The SMILES string of the molecule is COc1cccc(CCC(=O)c2ccc(N3CCN(c4ccccc4C)CC3)c(NC(=O)c3ccco3)c2)c1.